The Labute approximate surface area is 124 Å². The van der Waals surface area contributed by atoms with Crippen molar-refractivity contribution in [3.8, 4) is 0 Å². The van der Waals surface area contributed by atoms with Crippen molar-refractivity contribution in [3.63, 3.8) is 0 Å². The summed E-state index contributed by atoms with van der Waals surface area (Å²) in [4.78, 5) is 25.9. The lowest BCUT2D eigenvalue weighted by Gasteiger charge is -2.40. The summed E-state index contributed by atoms with van der Waals surface area (Å²) in [5.41, 5.74) is 1.09. The van der Waals surface area contributed by atoms with Gasteiger partial charge in [0.25, 0.3) is 0 Å². The Bertz CT molecular complexity index is 567. The predicted octanol–water partition coefficient (Wildman–Crippen LogP) is 2.31. The number of piperidine rings is 1. The van der Waals surface area contributed by atoms with Crippen molar-refractivity contribution in [1.82, 2.24) is 4.90 Å². The number of carbonyl (C=O) groups excluding carboxylic acids is 1. The molecule has 2 aliphatic rings. The number of carboxylic acids is 1. The summed E-state index contributed by atoms with van der Waals surface area (Å²) in [5.74, 6) is -1.76. The van der Waals surface area contributed by atoms with Crippen molar-refractivity contribution in [2.75, 3.05) is 6.54 Å². The van der Waals surface area contributed by atoms with Crippen LogP contribution in [-0.4, -0.2) is 28.4 Å². The number of aliphatic carboxylic acids is 1. The number of hydrogen-bond donors (Lipinski definition) is 1. The van der Waals surface area contributed by atoms with Crippen LogP contribution in [0.1, 0.15) is 18.4 Å². The van der Waals surface area contributed by atoms with Crippen LogP contribution in [-0.2, 0) is 16.1 Å². The van der Waals surface area contributed by atoms with E-state index in [2.05, 4.69) is 0 Å². The normalized spacial score (nSPS) is 28.3. The van der Waals surface area contributed by atoms with E-state index in [1.54, 1.807) is 0 Å². The molecule has 1 N–H and O–H groups in total. The zero-order valence-electron chi connectivity index (χ0n) is 11.8. The highest BCUT2D eigenvalue weighted by Crippen LogP contribution is 2.37. The number of likely N-dealkylation sites (tertiary alicyclic amines) is 1. The van der Waals surface area contributed by atoms with Gasteiger partial charge in [-0.3, -0.25) is 9.59 Å². The SMILES string of the molecule is O=C(O)C1CC=C[C@H]2CCN(Cc3ccccc3)C(=O)[C@@H]12. The van der Waals surface area contributed by atoms with Crippen LogP contribution in [0.25, 0.3) is 0 Å². The molecule has 1 fully saturated rings. The molecule has 1 aromatic rings. The van der Waals surface area contributed by atoms with Crippen LogP contribution in [0.5, 0.6) is 0 Å². The standard InChI is InChI=1S/C17H19NO3/c19-16-15-13(7-4-8-14(15)17(20)21)9-10-18(16)11-12-5-2-1-3-6-12/h1-7,13-15H,8-11H2,(H,20,21)/t13-,14?,15+/m0/s1. The molecule has 1 unspecified atom stereocenters. The van der Waals surface area contributed by atoms with Gasteiger partial charge < -0.3 is 10.0 Å². The molecule has 1 amide bonds. The Kier molecular flexibility index (Phi) is 3.78. The van der Waals surface area contributed by atoms with Crippen molar-refractivity contribution in [1.29, 1.82) is 0 Å². The number of nitrogens with zero attached hydrogens (tertiary/aromatic N) is 1. The van der Waals surface area contributed by atoms with Gasteiger partial charge in [0, 0.05) is 13.1 Å². The summed E-state index contributed by atoms with van der Waals surface area (Å²) in [6, 6.07) is 9.85. The Balaban J connectivity index is 1.79. The Morgan fingerprint density at radius 1 is 1.29 bits per heavy atom. The number of allylic oxidation sites excluding steroid dienone is 2. The van der Waals surface area contributed by atoms with E-state index >= 15 is 0 Å². The first-order valence-corrected chi connectivity index (χ1v) is 7.39. The molecule has 1 aliphatic heterocycles. The summed E-state index contributed by atoms with van der Waals surface area (Å²) in [7, 11) is 0. The molecule has 1 aromatic carbocycles. The molecule has 0 spiro atoms. The fourth-order valence-corrected chi connectivity index (χ4v) is 3.44. The zero-order chi connectivity index (χ0) is 14.8. The molecule has 3 atom stereocenters. The number of fused-ring (bicyclic) bond motifs is 1. The van der Waals surface area contributed by atoms with Crippen LogP contribution in [0, 0.1) is 17.8 Å². The molecular weight excluding hydrogens is 266 g/mol. The third-order valence-corrected chi connectivity index (χ3v) is 4.53. The molecular formula is C17H19NO3. The summed E-state index contributed by atoms with van der Waals surface area (Å²) in [6.07, 6.45) is 5.26. The predicted molar refractivity (Wildman–Crippen MR) is 78.3 cm³/mol. The van der Waals surface area contributed by atoms with Crippen molar-refractivity contribution >= 4 is 11.9 Å². The van der Waals surface area contributed by atoms with Gasteiger partial charge in [0.15, 0.2) is 0 Å². The number of benzene rings is 1. The van der Waals surface area contributed by atoms with Gasteiger partial charge in [-0.2, -0.15) is 0 Å². The third-order valence-electron chi connectivity index (χ3n) is 4.53. The summed E-state index contributed by atoms with van der Waals surface area (Å²) >= 11 is 0. The Morgan fingerprint density at radius 2 is 2.05 bits per heavy atom. The molecule has 0 bridgehead atoms. The number of carbonyl (C=O) groups is 2. The molecule has 21 heavy (non-hydrogen) atoms. The molecule has 0 aromatic heterocycles. The maximum atomic E-state index is 12.7. The number of amides is 1. The molecule has 3 rings (SSSR count). The first kappa shape index (κ1) is 13.9. The van der Waals surface area contributed by atoms with Crippen LogP contribution in [0.3, 0.4) is 0 Å². The molecule has 4 heteroatoms. The van der Waals surface area contributed by atoms with Crippen LogP contribution in [0.4, 0.5) is 0 Å². The molecule has 4 nitrogen and oxygen atoms in total. The Hall–Kier alpha value is -2.10. The first-order chi connectivity index (χ1) is 10.2. The number of hydrogen-bond acceptors (Lipinski definition) is 2. The van der Waals surface area contributed by atoms with E-state index in [-0.39, 0.29) is 11.8 Å². The van der Waals surface area contributed by atoms with Gasteiger partial charge in [-0.05, 0) is 24.3 Å². The van der Waals surface area contributed by atoms with E-state index in [0.29, 0.717) is 19.5 Å². The van der Waals surface area contributed by atoms with Gasteiger partial charge in [0.1, 0.15) is 0 Å². The summed E-state index contributed by atoms with van der Waals surface area (Å²) in [6.45, 7) is 1.27. The van der Waals surface area contributed by atoms with Gasteiger partial charge in [-0.25, -0.2) is 0 Å². The molecule has 0 saturated carbocycles. The Morgan fingerprint density at radius 3 is 2.76 bits per heavy atom. The van der Waals surface area contributed by atoms with Crippen LogP contribution >= 0.6 is 0 Å². The fourth-order valence-electron chi connectivity index (χ4n) is 3.44. The third kappa shape index (κ3) is 2.71. The average molecular weight is 285 g/mol. The van der Waals surface area contributed by atoms with Crippen LogP contribution in [0.2, 0.25) is 0 Å². The van der Waals surface area contributed by atoms with Gasteiger partial charge in [-0.15, -0.1) is 0 Å². The van der Waals surface area contributed by atoms with E-state index in [4.69, 9.17) is 0 Å². The number of carboxylic acid groups (broad SMARTS) is 1. The van der Waals surface area contributed by atoms with Gasteiger partial charge in [-0.1, -0.05) is 42.5 Å². The zero-order valence-corrected chi connectivity index (χ0v) is 11.8. The second-order valence-corrected chi connectivity index (χ2v) is 5.83. The first-order valence-electron chi connectivity index (χ1n) is 7.39. The molecule has 1 saturated heterocycles. The maximum Gasteiger partial charge on any atom is 0.307 e. The molecule has 110 valence electrons. The van der Waals surface area contributed by atoms with Crippen molar-refractivity contribution < 1.29 is 14.7 Å². The van der Waals surface area contributed by atoms with Gasteiger partial charge in [0.05, 0.1) is 11.8 Å². The van der Waals surface area contributed by atoms with Crippen molar-refractivity contribution in [2.45, 2.75) is 19.4 Å². The largest absolute Gasteiger partial charge is 0.481 e. The lowest BCUT2D eigenvalue weighted by atomic mass is 9.71. The topological polar surface area (TPSA) is 57.6 Å². The average Bonchev–Trinajstić information content (AvgIpc) is 2.50. The number of rotatable bonds is 3. The second kappa shape index (κ2) is 5.72. The highest BCUT2D eigenvalue weighted by Gasteiger charge is 2.44. The van der Waals surface area contributed by atoms with Gasteiger partial charge in [0.2, 0.25) is 5.91 Å². The van der Waals surface area contributed by atoms with E-state index in [9.17, 15) is 14.7 Å². The minimum Gasteiger partial charge on any atom is -0.481 e. The van der Waals surface area contributed by atoms with Crippen molar-refractivity contribution in [3.05, 3.63) is 48.0 Å². The van der Waals surface area contributed by atoms with Crippen molar-refractivity contribution in [2.24, 2.45) is 17.8 Å². The fraction of sp³-hybridized carbons (Fsp3) is 0.412. The minimum atomic E-state index is -0.857. The minimum absolute atomic E-state index is 0.00754. The molecule has 0 radical (unpaired) electrons. The maximum absolute atomic E-state index is 12.7. The molecule has 1 heterocycles. The lowest BCUT2D eigenvalue weighted by Crippen LogP contribution is -2.49. The van der Waals surface area contributed by atoms with E-state index < -0.39 is 17.8 Å². The molecule has 1 aliphatic carbocycles. The highest BCUT2D eigenvalue weighted by atomic mass is 16.4. The van der Waals surface area contributed by atoms with Crippen LogP contribution in [0.15, 0.2) is 42.5 Å². The van der Waals surface area contributed by atoms with Crippen LogP contribution < -0.4 is 0 Å². The van der Waals surface area contributed by atoms with E-state index in [0.717, 1.165) is 12.0 Å². The summed E-state index contributed by atoms with van der Waals surface area (Å²) in [5, 5.41) is 9.37. The second-order valence-electron chi connectivity index (χ2n) is 5.83. The quantitative estimate of drug-likeness (QED) is 0.867. The van der Waals surface area contributed by atoms with E-state index in [1.807, 2.05) is 47.4 Å². The van der Waals surface area contributed by atoms with E-state index in [1.165, 1.54) is 0 Å². The monoisotopic (exact) mass is 285 g/mol. The smallest absolute Gasteiger partial charge is 0.307 e. The lowest BCUT2D eigenvalue weighted by molar-refractivity contribution is -0.155. The summed E-state index contributed by atoms with van der Waals surface area (Å²) < 4.78 is 0. The van der Waals surface area contributed by atoms with Gasteiger partial charge >= 0.3 is 5.97 Å². The highest BCUT2D eigenvalue weighted by molar-refractivity contribution is 5.86.